The summed E-state index contributed by atoms with van der Waals surface area (Å²) in [7, 11) is 0. The van der Waals surface area contributed by atoms with Crippen LogP contribution in [-0.4, -0.2) is 10.0 Å². The number of nitrogens with zero attached hydrogens (tertiary/aromatic N) is 1. The van der Waals surface area contributed by atoms with Gasteiger partial charge in [-0.15, -0.1) is 0 Å². The second kappa shape index (κ2) is 5.84. The van der Waals surface area contributed by atoms with E-state index in [4.69, 9.17) is 4.74 Å². The van der Waals surface area contributed by atoms with Crippen LogP contribution in [0.4, 0.5) is 14.5 Å². The second-order valence-corrected chi connectivity index (χ2v) is 4.34. The van der Waals surface area contributed by atoms with Gasteiger partial charge in [-0.1, -0.05) is 6.07 Å². The summed E-state index contributed by atoms with van der Waals surface area (Å²) in [6.07, 6.45) is -0.899. The molecule has 0 aromatic heterocycles. The molecule has 0 saturated heterocycles. The number of ether oxygens (including phenoxy) is 1. The van der Waals surface area contributed by atoms with Gasteiger partial charge in [0.25, 0.3) is 0 Å². The molecule has 0 fully saturated rings. The Hall–Kier alpha value is -2.54. The van der Waals surface area contributed by atoms with E-state index in [1.54, 1.807) is 0 Å². The number of aliphatic hydroxyl groups is 1. The molecule has 2 rings (SSSR count). The summed E-state index contributed by atoms with van der Waals surface area (Å²) in [4.78, 5) is 10.3. The van der Waals surface area contributed by atoms with Crippen LogP contribution in [0.15, 0.2) is 36.4 Å². The van der Waals surface area contributed by atoms with Crippen LogP contribution in [-0.2, 0) is 0 Å². The number of nitro groups is 1. The molecular formula is C14H11F2NO4. The van der Waals surface area contributed by atoms with Crippen LogP contribution >= 0.6 is 0 Å². The van der Waals surface area contributed by atoms with Crippen molar-refractivity contribution >= 4 is 5.69 Å². The van der Waals surface area contributed by atoms with Crippen LogP contribution in [0.2, 0.25) is 0 Å². The number of nitro benzene ring substituents is 1. The lowest BCUT2D eigenvalue weighted by Gasteiger charge is -2.10. The highest BCUT2D eigenvalue weighted by atomic mass is 19.1. The first-order valence-corrected chi connectivity index (χ1v) is 5.98. The van der Waals surface area contributed by atoms with Crippen LogP contribution in [0.1, 0.15) is 18.6 Å². The van der Waals surface area contributed by atoms with Gasteiger partial charge in [0.15, 0.2) is 11.6 Å². The smallest absolute Gasteiger partial charge is 0.311 e. The van der Waals surface area contributed by atoms with Crippen molar-refractivity contribution in [2.75, 3.05) is 0 Å². The summed E-state index contributed by atoms with van der Waals surface area (Å²) in [5.74, 6) is -2.27. The third-order valence-electron chi connectivity index (χ3n) is 2.78. The zero-order valence-electron chi connectivity index (χ0n) is 10.9. The number of hydrogen-bond acceptors (Lipinski definition) is 4. The van der Waals surface area contributed by atoms with E-state index in [0.717, 1.165) is 24.3 Å². The molecule has 2 aromatic carbocycles. The summed E-state index contributed by atoms with van der Waals surface area (Å²) >= 11 is 0. The summed E-state index contributed by atoms with van der Waals surface area (Å²) < 4.78 is 31.6. The molecule has 0 aliphatic heterocycles. The lowest BCUT2D eigenvalue weighted by molar-refractivity contribution is -0.385. The zero-order chi connectivity index (χ0) is 15.6. The fourth-order valence-corrected chi connectivity index (χ4v) is 1.70. The quantitative estimate of drug-likeness (QED) is 0.689. The van der Waals surface area contributed by atoms with Gasteiger partial charge in [0.05, 0.1) is 11.0 Å². The molecule has 1 N–H and O–H groups in total. The average molecular weight is 295 g/mol. The summed E-state index contributed by atoms with van der Waals surface area (Å²) in [6, 6.07) is 6.32. The Morgan fingerprint density at radius 2 is 1.90 bits per heavy atom. The topological polar surface area (TPSA) is 72.6 Å². The first-order valence-electron chi connectivity index (χ1n) is 5.98. The molecule has 0 spiro atoms. The van der Waals surface area contributed by atoms with Crippen molar-refractivity contribution in [3.63, 3.8) is 0 Å². The van der Waals surface area contributed by atoms with Gasteiger partial charge < -0.3 is 9.84 Å². The maximum Gasteiger partial charge on any atom is 0.311 e. The molecule has 1 unspecified atom stereocenters. The van der Waals surface area contributed by atoms with Crippen molar-refractivity contribution in [2.24, 2.45) is 0 Å². The molecule has 0 radical (unpaired) electrons. The molecule has 1 atom stereocenters. The predicted molar refractivity (Wildman–Crippen MR) is 70.2 cm³/mol. The minimum absolute atomic E-state index is 0.242. The molecule has 0 heterocycles. The third kappa shape index (κ3) is 3.32. The van der Waals surface area contributed by atoms with E-state index in [2.05, 4.69) is 0 Å². The number of halogens is 2. The van der Waals surface area contributed by atoms with Gasteiger partial charge in [-0.2, -0.15) is 0 Å². The Morgan fingerprint density at radius 3 is 2.52 bits per heavy atom. The van der Waals surface area contributed by atoms with Crippen molar-refractivity contribution in [1.82, 2.24) is 0 Å². The fourth-order valence-electron chi connectivity index (χ4n) is 1.70. The first kappa shape index (κ1) is 14.9. The predicted octanol–water partition coefficient (Wildman–Crippen LogP) is 3.72. The minimum Gasteiger partial charge on any atom is -0.447 e. The van der Waals surface area contributed by atoms with Gasteiger partial charge in [-0.3, -0.25) is 10.1 Å². The largest absolute Gasteiger partial charge is 0.447 e. The number of aliphatic hydroxyl groups excluding tert-OH is 1. The molecule has 21 heavy (non-hydrogen) atoms. The fraction of sp³-hybridized carbons (Fsp3) is 0.143. The van der Waals surface area contributed by atoms with Crippen molar-refractivity contribution < 1.29 is 23.5 Å². The number of hydrogen-bond donors (Lipinski definition) is 1. The Labute approximate surface area is 118 Å². The molecule has 2 aromatic rings. The van der Waals surface area contributed by atoms with Crippen LogP contribution in [0, 0.1) is 21.7 Å². The molecule has 110 valence electrons. The van der Waals surface area contributed by atoms with Crippen molar-refractivity contribution in [1.29, 1.82) is 0 Å². The lowest BCUT2D eigenvalue weighted by Crippen LogP contribution is -1.98. The molecule has 0 amide bonds. The summed E-state index contributed by atoms with van der Waals surface area (Å²) in [5.41, 5.74) is -0.133. The molecule has 7 heteroatoms. The highest BCUT2D eigenvalue weighted by Crippen LogP contribution is 2.34. The molecule has 0 bridgehead atoms. The van der Waals surface area contributed by atoms with Gasteiger partial charge in [-0.25, -0.2) is 8.78 Å². The van der Waals surface area contributed by atoms with Gasteiger partial charge >= 0.3 is 5.69 Å². The van der Waals surface area contributed by atoms with Gasteiger partial charge in [0, 0.05) is 12.1 Å². The molecule has 5 nitrogen and oxygen atoms in total. The van der Waals surface area contributed by atoms with E-state index in [9.17, 15) is 24.0 Å². The Kier molecular flexibility index (Phi) is 4.13. The van der Waals surface area contributed by atoms with Gasteiger partial charge in [0.1, 0.15) is 5.82 Å². The second-order valence-electron chi connectivity index (χ2n) is 4.34. The zero-order valence-corrected chi connectivity index (χ0v) is 10.9. The molecule has 0 aliphatic carbocycles. The highest BCUT2D eigenvalue weighted by Gasteiger charge is 2.19. The van der Waals surface area contributed by atoms with E-state index in [0.29, 0.717) is 5.56 Å². The Morgan fingerprint density at radius 1 is 1.19 bits per heavy atom. The Bertz CT molecular complexity index is 689. The lowest BCUT2D eigenvalue weighted by atomic mass is 10.1. The maximum absolute atomic E-state index is 13.5. The monoisotopic (exact) mass is 295 g/mol. The molecule has 0 saturated carbocycles. The molecular weight excluding hydrogens is 284 g/mol. The van der Waals surface area contributed by atoms with Crippen molar-refractivity contribution in [3.05, 3.63) is 63.7 Å². The highest BCUT2D eigenvalue weighted by molar-refractivity contribution is 5.51. The summed E-state index contributed by atoms with van der Waals surface area (Å²) in [5, 5.41) is 20.4. The van der Waals surface area contributed by atoms with Crippen molar-refractivity contribution in [2.45, 2.75) is 13.0 Å². The van der Waals surface area contributed by atoms with Crippen LogP contribution in [0.25, 0.3) is 0 Å². The Balaban J connectivity index is 2.44. The van der Waals surface area contributed by atoms with E-state index in [1.807, 2.05) is 0 Å². The SMILES string of the molecule is CC(O)c1ccc(Oc2cc(F)ccc2F)c([N+](=O)[O-])c1. The van der Waals surface area contributed by atoms with Gasteiger partial charge in [0.2, 0.25) is 5.75 Å². The summed E-state index contributed by atoms with van der Waals surface area (Å²) in [6.45, 7) is 1.45. The van der Waals surface area contributed by atoms with E-state index >= 15 is 0 Å². The molecule has 0 aliphatic rings. The normalized spacial score (nSPS) is 12.0. The van der Waals surface area contributed by atoms with Gasteiger partial charge in [-0.05, 0) is 30.7 Å². The van der Waals surface area contributed by atoms with E-state index in [1.165, 1.54) is 19.1 Å². The first-order chi connectivity index (χ1) is 9.88. The maximum atomic E-state index is 13.5. The third-order valence-corrected chi connectivity index (χ3v) is 2.78. The van der Waals surface area contributed by atoms with Crippen molar-refractivity contribution in [3.8, 4) is 11.5 Å². The van der Waals surface area contributed by atoms with E-state index in [-0.39, 0.29) is 5.75 Å². The van der Waals surface area contributed by atoms with Crippen LogP contribution in [0.3, 0.4) is 0 Å². The number of rotatable bonds is 4. The van der Waals surface area contributed by atoms with Crippen LogP contribution in [0.5, 0.6) is 11.5 Å². The standard InChI is InChI=1S/C14H11F2NO4/c1-8(18)9-2-5-13(12(6-9)17(19)20)21-14-7-10(15)3-4-11(14)16/h2-8,18H,1H3. The van der Waals surface area contributed by atoms with E-state index < -0.39 is 34.1 Å². The number of benzene rings is 2. The average Bonchev–Trinajstić information content (AvgIpc) is 2.42. The van der Waals surface area contributed by atoms with Crippen LogP contribution < -0.4 is 4.74 Å². The minimum atomic E-state index is -0.899.